The Morgan fingerprint density at radius 1 is 1.16 bits per heavy atom. The molecule has 1 aromatic carbocycles. The standard InChI is InChI=1S/C13H18N2O4/c1-13(2,3)19-12(17)15-14-11(16)9-6-5-7-10(8-9)18-4/h5-8H,1-4H3,(H,14,16)(H,15,17). The zero-order valence-corrected chi connectivity index (χ0v) is 11.4. The summed E-state index contributed by atoms with van der Waals surface area (Å²) < 4.78 is 9.98. The van der Waals surface area contributed by atoms with Gasteiger partial charge in [-0.25, -0.2) is 10.2 Å². The maximum atomic E-state index is 11.7. The van der Waals surface area contributed by atoms with E-state index in [1.807, 2.05) is 0 Å². The van der Waals surface area contributed by atoms with E-state index in [2.05, 4.69) is 10.9 Å². The van der Waals surface area contributed by atoms with Crippen molar-refractivity contribution in [3.8, 4) is 5.75 Å². The van der Waals surface area contributed by atoms with E-state index in [1.165, 1.54) is 7.11 Å². The van der Waals surface area contributed by atoms with Crippen molar-refractivity contribution in [2.24, 2.45) is 0 Å². The van der Waals surface area contributed by atoms with Gasteiger partial charge in [0.05, 0.1) is 7.11 Å². The molecule has 0 saturated carbocycles. The number of rotatable bonds is 2. The molecule has 2 N–H and O–H groups in total. The molecule has 6 heteroatoms. The highest BCUT2D eigenvalue weighted by Crippen LogP contribution is 2.12. The van der Waals surface area contributed by atoms with Crippen LogP contribution >= 0.6 is 0 Å². The number of carbonyl (C=O) groups is 2. The van der Waals surface area contributed by atoms with E-state index in [0.29, 0.717) is 11.3 Å². The summed E-state index contributed by atoms with van der Waals surface area (Å²) in [6.07, 6.45) is -0.719. The Morgan fingerprint density at radius 2 is 1.84 bits per heavy atom. The van der Waals surface area contributed by atoms with Gasteiger partial charge in [-0.3, -0.25) is 10.2 Å². The van der Waals surface area contributed by atoms with Crippen LogP contribution < -0.4 is 15.6 Å². The maximum absolute atomic E-state index is 11.7. The molecule has 0 aliphatic rings. The molecule has 0 aliphatic heterocycles. The summed E-state index contributed by atoms with van der Waals surface area (Å²) in [5, 5.41) is 0. The molecule has 0 atom stereocenters. The average Bonchev–Trinajstić information content (AvgIpc) is 2.34. The lowest BCUT2D eigenvalue weighted by Crippen LogP contribution is -2.44. The monoisotopic (exact) mass is 266 g/mol. The Labute approximate surface area is 112 Å². The Morgan fingerprint density at radius 3 is 2.42 bits per heavy atom. The van der Waals surface area contributed by atoms with E-state index in [-0.39, 0.29) is 0 Å². The van der Waals surface area contributed by atoms with Crippen molar-refractivity contribution in [3.05, 3.63) is 29.8 Å². The quantitative estimate of drug-likeness (QED) is 0.801. The van der Waals surface area contributed by atoms with Gasteiger partial charge in [-0.15, -0.1) is 0 Å². The molecule has 0 bridgehead atoms. The van der Waals surface area contributed by atoms with E-state index in [9.17, 15) is 9.59 Å². The van der Waals surface area contributed by atoms with Crippen LogP contribution in [0.2, 0.25) is 0 Å². The van der Waals surface area contributed by atoms with Crippen LogP contribution in [0.5, 0.6) is 5.75 Å². The molecule has 19 heavy (non-hydrogen) atoms. The zero-order chi connectivity index (χ0) is 14.5. The van der Waals surface area contributed by atoms with Crippen molar-refractivity contribution in [2.45, 2.75) is 26.4 Å². The van der Waals surface area contributed by atoms with E-state index in [0.717, 1.165) is 0 Å². The number of hydrogen-bond acceptors (Lipinski definition) is 4. The molecular formula is C13H18N2O4. The molecule has 0 aromatic heterocycles. The topological polar surface area (TPSA) is 76.7 Å². The van der Waals surface area contributed by atoms with E-state index >= 15 is 0 Å². The number of methoxy groups -OCH3 is 1. The van der Waals surface area contributed by atoms with Gasteiger partial charge < -0.3 is 9.47 Å². The van der Waals surface area contributed by atoms with Crippen LogP contribution in [0, 0.1) is 0 Å². The predicted molar refractivity (Wildman–Crippen MR) is 69.8 cm³/mol. The molecule has 2 amide bonds. The lowest BCUT2D eigenvalue weighted by Gasteiger charge is -2.19. The van der Waals surface area contributed by atoms with Crippen molar-refractivity contribution < 1.29 is 19.1 Å². The highest BCUT2D eigenvalue weighted by Gasteiger charge is 2.16. The highest BCUT2D eigenvalue weighted by molar-refractivity contribution is 5.95. The minimum Gasteiger partial charge on any atom is -0.497 e. The molecule has 104 valence electrons. The van der Waals surface area contributed by atoms with Gasteiger partial charge in [-0.05, 0) is 39.0 Å². The van der Waals surface area contributed by atoms with Crippen molar-refractivity contribution in [3.63, 3.8) is 0 Å². The number of amides is 2. The van der Waals surface area contributed by atoms with Gasteiger partial charge in [0.1, 0.15) is 11.4 Å². The van der Waals surface area contributed by atoms with Gasteiger partial charge in [0.2, 0.25) is 0 Å². The summed E-state index contributed by atoms with van der Waals surface area (Å²) in [7, 11) is 1.51. The molecule has 0 spiro atoms. The number of benzene rings is 1. The second-order valence-electron chi connectivity index (χ2n) is 4.81. The molecule has 0 aliphatic carbocycles. The summed E-state index contributed by atoms with van der Waals surface area (Å²) in [4.78, 5) is 23.1. The lowest BCUT2D eigenvalue weighted by atomic mass is 10.2. The van der Waals surface area contributed by atoms with Gasteiger partial charge in [0.15, 0.2) is 0 Å². The fourth-order valence-electron chi connectivity index (χ4n) is 1.25. The summed E-state index contributed by atoms with van der Waals surface area (Å²) in [5.74, 6) is 0.106. The Balaban J connectivity index is 2.53. The van der Waals surface area contributed by atoms with Crippen LogP contribution in [0.1, 0.15) is 31.1 Å². The van der Waals surface area contributed by atoms with Crippen LogP contribution in [-0.2, 0) is 4.74 Å². The van der Waals surface area contributed by atoms with Gasteiger partial charge in [-0.1, -0.05) is 6.07 Å². The lowest BCUT2D eigenvalue weighted by molar-refractivity contribution is 0.0483. The van der Waals surface area contributed by atoms with Crippen molar-refractivity contribution in [1.82, 2.24) is 10.9 Å². The minimum atomic E-state index is -0.719. The smallest absolute Gasteiger partial charge is 0.426 e. The summed E-state index contributed by atoms with van der Waals surface area (Å²) in [5.41, 5.74) is 4.18. The van der Waals surface area contributed by atoms with Crippen molar-refractivity contribution in [1.29, 1.82) is 0 Å². The first-order valence-corrected chi connectivity index (χ1v) is 5.75. The van der Waals surface area contributed by atoms with Crippen LogP contribution in [-0.4, -0.2) is 24.7 Å². The predicted octanol–water partition coefficient (Wildman–Crippen LogP) is 1.86. The SMILES string of the molecule is COc1cccc(C(=O)NNC(=O)OC(C)(C)C)c1. The van der Waals surface area contributed by atoms with Crippen molar-refractivity contribution in [2.75, 3.05) is 7.11 Å². The van der Waals surface area contributed by atoms with Gasteiger partial charge in [-0.2, -0.15) is 0 Å². The number of hydrazine groups is 1. The molecule has 0 fully saturated rings. The molecule has 0 heterocycles. The van der Waals surface area contributed by atoms with Crippen LogP contribution in [0.15, 0.2) is 24.3 Å². The number of nitrogens with one attached hydrogen (secondary N) is 2. The molecule has 0 saturated heterocycles. The van der Waals surface area contributed by atoms with Gasteiger partial charge in [0.25, 0.3) is 5.91 Å². The first kappa shape index (κ1) is 14.8. The zero-order valence-electron chi connectivity index (χ0n) is 11.4. The first-order valence-electron chi connectivity index (χ1n) is 5.75. The molecule has 1 rings (SSSR count). The summed E-state index contributed by atoms with van der Waals surface area (Å²) >= 11 is 0. The Bertz CT molecular complexity index is 466. The average molecular weight is 266 g/mol. The molecule has 0 radical (unpaired) electrons. The fraction of sp³-hybridized carbons (Fsp3) is 0.385. The Hall–Kier alpha value is -2.24. The van der Waals surface area contributed by atoms with Crippen LogP contribution in [0.3, 0.4) is 0 Å². The maximum Gasteiger partial charge on any atom is 0.426 e. The Kier molecular flexibility index (Phi) is 4.74. The van der Waals surface area contributed by atoms with E-state index in [1.54, 1.807) is 45.0 Å². The number of carbonyl (C=O) groups excluding carboxylic acids is 2. The third-order valence-electron chi connectivity index (χ3n) is 2.01. The molecule has 6 nitrogen and oxygen atoms in total. The third-order valence-corrected chi connectivity index (χ3v) is 2.01. The van der Waals surface area contributed by atoms with Gasteiger partial charge >= 0.3 is 6.09 Å². The highest BCUT2D eigenvalue weighted by atomic mass is 16.6. The summed E-state index contributed by atoms with van der Waals surface area (Å²) in [6, 6.07) is 6.57. The third kappa shape index (κ3) is 5.29. The number of ether oxygens (including phenoxy) is 2. The fourth-order valence-corrected chi connectivity index (χ4v) is 1.25. The second-order valence-corrected chi connectivity index (χ2v) is 4.81. The molecular weight excluding hydrogens is 248 g/mol. The van der Waals surface area contributed by atoms with Crippen LogP contribution in [0.25, 0.3) is 0 Å². The molecule has 0 unspecified atom stereocenters. The van der Waals surface area contributed by atoms with E-state index < -0.39 is 17.6 Å². The van der Waals surface area contributed by atoms with E-state index in [4.69, 9.17) is 9.47 Å². The molecule has 1 aromatic rings. The summed E-state index contributed by atoms with van der Waals surface area (Å²) in [6.45, 7) is 5.20. The minimum absolute atomic E-state index is 0.371. The first-order chi connectivity index (χ1) is 8.81. The normalized spacial score (nSPS) is 10.5. The van der Waals surface area contributed by atoms with Crippen LogP contribution in [0.4, 0.5) is 4.79 Å². The van der Waals surface area contributed by atoms with Crippen molar-refractivity contribution >= 4 is 12.0 Å². The number of hydrogen-bond donors (Lipinski definition) is 2. The second kappa shape index (κ2) is 6.08. The van der Waals surface area contributed by atoms with Gasteiger partial charge in [0, 0.05) is 5.56 Å². The largest absolute Gasteiger partial charge is 0.497 e.